The number of nitrogen functional groups attached to an aromatic ring is 1. The van der Waals surface area contributed by atoms with Crippen molar-refractivity contribution in [1.82, 2.24) is 0 Å². The lowest BCUT2D eigenvalue weighted by Gasteiger charge is -2.12. The van der Waals surface area contributed by atoms with Crippen molar-refractivity contribution in [3.8, 4) is 0 Å². The van der Waals surface area contributed by atoms with E-state index in [4.69, 9.17) is 11.5 Å². The summed E-state index contributed by atoms with van der Waals surface area (Å²) >= 11 is 3.13. The van der Waals surface area contributed by atoms with Crippen LogP contribution in [0.2, 0.25) is 0 Å². The van der Waals surface area contributed by atoms with Crippen LogP contribution >= 0.6 is 15.9 Å². The molecule has 6 heteroatoms. The quantitative estimate of drug-likeness (QED) is 0.751. The molecule has 0 radical (unpaired) electrons. The van der Waals surface area contributed by atoms with Crippen LogP contribution in [-0.2, 0) is 0 Å². The maximum absolute atomic E-state index is 13.4. The number of anilines is 3. The smallest absolute Gasteiger partial charge is 0.250 e. The predicted octanol–water partition coefficient (Wildman–Crippen LogP) is 3.32. The number of hydrogen-bond donors (Lipinski definition) is 3. The Bertz CT molecular complexity index is 688. The van der Waals surface area contributed by atoms with Gasteiger partial charge in [-0.1, -0.05) is 0 Å². The first-order chi connectivity index (χ1) is 9.38. The fourth-order valence-electron chi connectivity index (χ4n) is 1.78. The van der Waals surface area contributed by atoms with Crippen molar-refractivity contribution < 1.29 is 9.18 Å². The number of carbonyl (C=O) groups excluding carboxylic acids is 1. The average molecular weight is 338 g/mol. The second-order valence-corrected chi connectivity index (χ2v) is 5.23. The van der Waals surface area contributed by atoms with Crippen LogP contribution in [0, 0.1) is 12.7 Å². The number of nitrogens with two attached hydrogens (primary N) is 2. The van der Waals surface area contributed by atoms with E-state index in [0.717, 1.165) is 11.3 Å². The molecule has 0 atom stereocenters. The zero-order chi connectivity index (χ0) is 14.9. The first kappa shape index (κ1) is 14.3. The second-order valence-electron chi connectivity index (χ2n) is 4.37. The highest BCUT2D eigenvalue weighted by atomic mass is 79.9. The van der Waals surface area contributed by atoms with Crippen molar-refractivity contribution in [2.75, 3.05) is 11.1 Å². The maximum atomic E-state index is 13.4. The molecule has 0 saturated heterocycles. The van der Waals surface area contributed by atoms with E-state index in [-0.39, 0.29) is 11.4 Å². The highest BCUT2D eigenvalue weighted by Crippen LogP contribution is 2.28. The lowest BCUT2D eigenvalue weighted by atomic mass is 10.1. The number of aryl methyl sites for hydroxylation is 1. The van der Waals surface area contributed by atoms with E-state index < -0.39 is 5.91 Å². The molecule has 0 heterocycles. The van der Waals surface area contributed by atoms with Gasteiger partial charge in [0.25, 0.3) is 5.91 Å². The molecule has 2 aromatic carbocycles. The Morgan fingerprint density at radius 3 is 2.65 bits per heavy atom. The molecule has 5 N–H and O–H groups in total. The summed E-state index contributed by atoms with van der Waals surface area (Å²) in [4.78, 5) is 11.2. The summed E-state index contributed by atoms with van der Waals surface area (Å²) in [6, 6.07) is 7.92. The maximum Gasteiger partial charge on any atom is 0.250 e. The topological polar surface area (TPSA) is 81.1 Å². The Morgan fingerprint density at radius 2 is 2.00 bits per heavy atom. The minimum atomic E-state index is -0.594. The summed E-state index contributed by atoms with van der Waals surface area (Å²) < 4.78 is 13.7. The molecule has 2 rings (SSSR count). The van der Waals surface area contributed by atoms with Crippen LogP contribution in [0.15, 0.2) is 34.8 Å². The molecule has 0 bridgehead atoms. The van der Waals surface area contributed by atoms with Gasteiger partial charge in [0.1, 0.15) is 5.82 Å². The van der Waals surface area contributed by atoms with Crippen LogP contribution in [-0.4, -0.2) is 5.91 Å². The monoisotopic (exact) mass is 337 g/mol. The van der Waals surface area contributed by atoms with Crippen molar-refractivity contribution in [3.63, 3.8) is 0 Å². The van der Waals surface area contributed by atoms with Gasteiger partial charge in [0, 0.05) is 17.1 Å². The predicted molar refractivity (Wildman–Crippen MR) is 81.5 cm³/mol. The molecular formula is C14H13BrFN3O. The van der Waals surface area contributed by atoms with Gasteiger partial charge in [0.15, 0.2) is 0 Å². The number of amides is 1. The van der Waals surface area contributed by atoms with Crippen LogP contribution in [0.3, 0.4) is 0 Å². The van der Waals surface area contributed by atoms with Gasteiger partial charge in [-0.25, -0.2) is 4.39 Å². The molecule has 0 saturated carbocycles. The van der Waals surface area contributed by atoms with E-state index in [1.165, 1.54) is 6.07 Å². The molecule has 4 nitrogen and oxygen atoms in total. The summed E-state index contributed by atoms with van der Waals surface area (Å²) in [6.45, 7) is 1.78. The molecule has 0 fully saturated rings. The molecule has 104 valence electrons. The van der Waals surface area contributed by atoms with Crippen LogP contribution in [0.5, 0.6) is 0 Å². The molecule has 20 heavy (non-hydrogen) atoms. The van der Waals surface area contributed by atoms with Crippen LogP contribution in [0.1, 0.15) is 15.9 Å². The SMILES string of the molecule is Cc1cc(F)c(Br)cc1Nc1ccc(N)c(C(N)=O)c1. The summed E-state index contributed by atoms with van der Waals surface area (Å²) in [5.41, 5.74) is 13.6. The van der Waals surface area contributed by atoms with Gasteiger partial charge in [-0.3, -0.25) is 4.79 Å². The molecule has 0 aliphatic rings. The highest BCUT2D eigenvalue weighted by molar-refractivity contribution is 9.10. The first-order valence-corrected chi connectivity index (χ1v) is 6.60. The molecule has 0 unspecified atom stereocenters. The minimum absolute atomic E-state index is 0.244. The van der Waals surface area contributed by atoms with Gasteiger partial charge in [0.05, 0.1) is 10.0 Å². The molecular weight excluding hydrogens is 325 g/mol. The summed E-state index contributed by atoms with van der Waals surface area (Å²) in [7, 11) is 0. The van der Waals surface area contributed by atoms with Gasteiger partial charge in [-0.15, -0.1) is 0 Å². The van der Waals surface area contributed by atoms with E-state index in [9.17, 15) is 9.18 Å². The Morgan fingerprint density at radius 1 is 1.30 bits per heavy atom. The van der Waals surface area contributed by atoms with Crippen molar-refractivity contribution in [1.29, 1.82) is 0 Å². The number of hydrogen-bond acceptors (Lipinski definition) is 3. The van der Waals surface area contributed by atoms with E-state index in [0.29, 0.717) is 15.8 Å². The standard InChI is InChI=1S/C14H13BrFN3O/c1-7-4-11(16)10(15)6-13(7)19-8-2-3-12(17)9(5-8)14(18)20/h2-6,19H,17H2,1H3,(H2,18,20). The Kier molecular flexibility index (Phi) is 3.94. The molecule has 0 spiro atoms. The van der Waals surface area contributed by atoms with E-state index in [1.807, 2.05) is 0 Å². The lowest BCUT2D eigenvalue weighted by molar-refractivity contribution is 0.100. The summed E-state index contributed by atoms with van der Waals surface area (Å²) in [6.07, 6.45) is 0. The van der Waals surface area contributed by atoms with Gasteiger partial charge < -0.3 is 16.8 Å². The van der Waals surface area contributed by atoms with Gasteiger partial charge in [-0.05, 0) is 58.7 Å². The van der Waals surface area contributed by atoms with Crippen molar-refractivity contribution in [2.24, 2.45) is 5.73 Å². The highest BCUT2D eigenvalue weighted by Gasteiger charge is 2.09. The number of nitrogens with one attached hydrogen (secondary N) is 1. The first-order valence-electron chi connectivity index (χ1n) is 5.80. The van der Waals surface area contributed by atoms with E-state index in [1.54, 1.807) is 31.2 Å². The number of rotatable bonds is 3. The van der Waals surface area contributed by atoms with E-state index in [2.05, 4.69) is 21.2 Å². The molecule has 2 aromatic rings. The van der Waals surface area contributed by atoms with Crippen molar-refractivity contribution >= 4 is 38.9 Å². The average Bonchev–Trinajstić information content (AvgIpc) is 2.37. The summed E-state index contributed by atoms with van der Waals surface area (Å²) in [5.74, 6) is -0.925. The van der Waals surface area contributed by atoms with Gasteiger partial charge in [0.2, 0.25) is 0 Å². The zero-order valence-corrected chi connectivity index (χ0v) is 12.3. The van der Waals surface area contributed by atoms with Crippen LogP contribution in [0.4, 0.5) is 21.5 Å². The number of primary amides is 1. The van der Waals surface area contributed by atoms with Gasteiger partial charge >= 0.3 is 0 Å². The zero-order valence-electron chi connectivity index (χ0n) is 10.7. The fourth-order valence-corrected chi connectivity index (χ4v) is 2.13. The molecule has 0 aliphatic heterocycles. The minimum Gasteiger partial charge on any atom is -0.398 e. The third kappa shape index (κ3) is 2.91. The third-order valence-corrected chi connectivity index (χ3v) is 3.47. The Balaban J connectivity index is 2.38. The number of carbonyl (C=O) groups is 1. The lowest BCUT2D eigenvalue weighted by Crippen LogP contribution is -2.13. The summed E-state index contributed by atoms with van der Waals surface area (Å²) in [5, 5.41) is 3.10. The van der Waals surface area contributed by atoms with Crippen LogP contribution < -0.4 is 16.8 Å². The van der Waals surface area contributed by atoms with Gasteiger partial charge in [-0.2, -0.15) is 0 Å². The third-order valence-electron chi connectivity index (χ3n) is 2.87. The van der Waals surface area contributed by atoms with Crippen molar-refractivity contribution in [2.45, 2.75) is 6.92 Å². The second kappa shape index (κ2) is 5.50. The number of halogens is 2. The fraction of sp³-hybridized carbons (Fsp3) is 0.0714. The van der Waals surface area contributed by atoms with Crippen LogP contribution in [0.25, 0.3) is 0 Å². The number of benzene rings is 2. The van der Waals surface area contributed by atoms with E-state index >= 15 is 0 Å². The van der Waals surface area contributed by atoms with Crippen molar-refractivity contribution in [3.05, 3.63) is 51.7 Å². The Hall–Kier alpha value is -2.08. The normalized spacial score (nSPS) is 10.3. The molecule has 0 aromatic heterocycles. The molecule has 1 amide bonds. The largest absolute Gasteiger partial charge is 0.398 e. The molecule has 0 aliphatic carbocycles. The Labute approximate surface area is 124 Å².